The summed E-state index contributed by atoms with van der Waals surface area (Å²) in [6.07, 6.45) is 8.87. The van der Waals surface area contributed by atoms with Crippen molar-refractivity contribution in [1.29, 1.82) is 0 Å². The normalized spacial score (nSPS) is 16.2. The molecule has 1 fully saturated rings. The molecule has 1 amide bonds. The third kappa shape index (κ3) is 3.21. The Morgan fingerprint density at radius 2 is 1.82 bits per heavy atom. The van der Waals surface area contributed by atoms with Crippen LogP contribution in [0.5, 0.6) is 0 Å². The van der Waals surface area contributed by atoms with Crippen molar-refractivity contribution in [2.45, 2.75) is 51.5 Å². The lowest BCUT2D eigenvalue weighted by molar-refractivity contribution is 0.0932. The lowest BCUT2D eigenvalue weighted by atomic mass is 10.1. The minimum atomic E-state index is 0.00609. The molecule has 3 rings (SSSR count). The molecular formula is C18H23N3O. The number of aromatic nitrogens is 2. The van der Waals surface area contributed by atoms with E-state index in [0.29, 0.717) is 11.6 Å². The SMILES string of the molecule is Cc1c(C(=O)NC2CCCCCC2)cnn1-c1ccccc1. The first-order valence-corrected chi connectivity index (χ1v) is 8.16. The monoisotopic (exact) mass is 297 g/mol. The third-order valence-electron chi connectivity index (χ3n) is 4.45. The molecule has 1 heterocycles. The Kier molecular flexibility index (Phi) is 4.56. The predicted octanol–water partition coefficient (Wildman–Crippen LogP) is 3.63. The fourth-order valence-electron chi connectivity index (χ4n) is 3.15. The van der Waals surface area contributed by atoms with E-state index >= 15 is 0 Å². The number of carbonyl (C=O) groups excluding carboxylic acids is 1. The maximum Gasteiger partial charge on any atom is 0.254 e. The van der Waals surface area contributed by atoms with E-state index in [-0.39, 0.29) is 5.91 Å². The van der Waals surface area contributed by atoms with Crippen LogP contribution in [0.15, 0.2) is 36.5 Å². The predicted molar refractivity (Wildman–Crippen MR) is 87.3 cm³/mol. The van der Waals surface area contributed by atoms with Gasteiger partial charge < -0.3 is 5.32 Å². The summed E-state index contributed by atoms with van der Waals surface area (Å²) in [6, 6.07) is 10.2. The summed E-state index contributed by atoms with van der Waals surface area (Å²) in [6.45, 7) is 1.95. The zero-order valence-electron chi connectivity index (χ0n) is 13.1. The van der Waals surface area contributed by atoms with E-state index in [9.17, 15) is 4.79 Å². The minimum Gasteiger partial charge on any atom is -0.349 e. The van der Waals surface area contributed by atoms with E-state index in [2.05, 4.69) is 10.4 Å². The van der Waals surface area contributed by atoms with E-state index in [0.717, 1.165) is 24.2 Å². The van der Waals surface area contributed by atoms with E-state index in [1.807, 2.05) is 41.9 Å². The van der Waals surface area contributed by atoms with Gasteiger partial charge in [-0.25, -0.2) is 4.68 Å². The van der Waals surface area contributed by atoms with Crippen LogP contribution in [0.4, 0.5) is 0 Å². The van der Waals surface area contributed by atoms with Crippen molar-refractivity contribution in [3.63, 3.8) is 0 Å². The molecule has 0 spiro atoms. The number of para-hydroxylation sites is 1. The summed E-state index contributed by atoms with van der Waals surface area (Å²) in [5.74, 6) is 0.00609. The zero-order chi connectivity index (χ0) is 15.4. The fraction of sp³-hybridized carbons (Fsp3) is 0.444. The number of benzene rings is 1. The zero-order valence-corrected chi connectivity index (χ0v) is 13.1. The Bertz CT molecular complexity index is 625. The first-order valence-electron chi connectivity index (χ1n) is 8.16. The molecular weight excluding hydrogens is 274 g/mol. The second-order valence-corrected chi connectivity index (χ2v) is 6.05. The van der Waals surface area contributed by atoms with Gasteiger partial charge >= 0.3 is 0 Å². The third-order valence-corrected chi connectivity index (χ3v) is 4.45. The van der Waals surface area contributed by atoms with Crippen molar-refractivity contribution in [2.75, 3.05) is 0 Å². The Balaban J connectivity index is 1.74. The smallest absolute Gasteiger partial charge is 0.254 e. The summed E-state index contributed by atoms with van der Waals surface area (Å²) in [7, 11) is 0. The molecule has 1 aromatic carbocycles. The molecule has 2 aromatic rings. The second-order valence-electron chi connectivity index (χ2n) is 6.05. The van der Waals surface area contributed by atoms with E-state index < -0.39 is 0 Å². The summed E-state index contributed by atoms with van der Waals surface area (Å²) in [5.41, 5.74) is 2.54. The van der Waals surface area contributed by atoms with E-state index in [1.165, 1.54) is 25.7 Å². The maximum atomic E-state index is 12.5. The average molecular weight is 297 g/mol. The molecule has 0 atom stereocenters. The van der Waals surface area contributed by atoms with Crippen molar-refractivity contribution < 1.29 is 4.79 Å². The van der Waals surface area contributed by atoms with Crippen LogP contribution in [0, 0.1) is 6.92 Å². The molecule has 1 aromatic heterocycles. The molecule has 0 bridgehead atoms. The van der Waals surface area contributed by atoms with Gasteiger partial charge in [-0.1, -0.05) is 43.9 Å². The molecule has 0 saturated heterocycles. The van der Waals surface area contributed by atoms with Crippen LogP contribution in [0.2, 0.25) is 0 Å². The highest BCUT2D eigenvalue weighted by Crippen LogP contribution is 2.19. The van der Waals surface area contributed by atoms with Gasteiger partial charge in [0.2, 0.25) is 0 Å². The molecule has 4 heteroatoms. The molecule has 1 aliphatic rings. The van der Waals surface area contributed by atoms with Gasteiger partial charge in [-0.2, -0.15) is 5.10 Å². The summed E-state index contributed by atoms with van der Waals surface area (Å²) in [5, 5.41) is 7.56. The van der Waals surface area contributed by atoms with Crippen LogP contribution >= 0.6 is 0 Å². The van der Waals surface area contributed by atoms with Gasteiger partial charge in [-0.05, 0) is 31.9 Å². The molecule has 0 radical (unpaired) electrons. The van der Waals surface area contributed by atoms with Crippen LogP contribution in [0.25, 0.3) is 5.69 Å². The van der Waals surface area contributed by atoms with E-state index in [1.54, 1.807) is 6.20 Å². The number of carbonyl (C=O) groups is 1. The number of rotatable bonds is 3. The summed E-state index contributed by atoms with van der Waals surface area (Å²) in [4.78, 5) is 12.5. The number of hydrogen-bond donors (Lipinski definition) is 1. The maximum absolute atomic E-state index is 12.5. The number of nitrogens with one attached hydrogen (secondary N) is 1. The van der Waals surface area contributed by atoms with Crippen LogP contribution < -0.4 is 5.32 Å². The number of nitrogens with zero attached hydrogens (tertiary/aromatic N) is 2. The van der Waals surface area contributed by atoms with Crippen molar-refractivity contribution in [3.05, 3.63) is 47.8 Å². The fourth-order valence-corrected chi connectivity index (χ4v) is 3.15. The van der Waals surface area contributed by atoms with Gasteiger partial charge in [0, 0.05) is 6.04 Å². The number of hydrogen-bond acceptors (Lipinski definition) is 2. The topological polar surface area (TPSA) is 46.9 Å². The molecule has 22 heavy (non-hydrogen) atoms. The molecule has 0 unspecified atom stereocenters. The van der Waals surface area contributed by atoms with Gasteiger partial charge in [0.1, 0.15) is 0 Å². The van der Waals surface area contributed by atoms with Gasteiger partial charge in [0.15, 0.2) is 0 Å². The van der Waals surface area contributed by atoms with Crippen molar-refractivity contribution in [2.24, 2.45) is 0 Å². The van der Waals surface area contributed by atoms with Gasteiger partial charge in [0.25, 0.3) is 5.91 Å². The molecule has 1 saturated carbocycles. The highest BCUT2D eigenvalue weighted by atomic mass is 16.1. The van der Waals surface area contributed by atoms with Crippen LogP contribution in [0.1, 0.15) is 54.6 Å². The van der Waals surface area contributed by atoms with Crippen molar-refractivity contribution in [3.8, 4) is 5.69 Å². The first-order chi connectivity index (χ1) is 10.8. The van der Waals surface area contributed by atoms with Gasteiger partial charge in [-0.3, -0.25) is 4.79 Å². The summed E-state index contributed by atoms with van der Waals surface area (Å²) < 4.78 is 1.82. The molecule has 1 N–H and O–H groups in total. The molecule has 0 aliphatic heterocycles. The Labute approximate surface area is 131 Å². The molecule has 1 aliphatic carbocycles. The van der Waals surface area contributed by atoms with E-state index in [4.69, 9.17) is 0 Å². The van der Waals surface area contributed by atoms with Crippen LogP contribution in [-0.2, 0) is 0 Å². The van der Waals surface area contributed by atoms with Gasteiger partial charge in [0.05, 0.1) is 23.1 Å². The van der Waals surface area contributed by atoms with Gasteiger partial charge in [-0.15, -0.1) is 0 Å². The van der Waals surface area contributed by atoms with Crippen LogP contribution in [-0.4, -0.2) is 21.7 Å². The Morgan fingerprint density at radius 3 is 2.50 bits per heavy atom. The van der Waals surface area contributed by atoms with Crippen LogP contribution in [0.3, 0.4) is 0 Å². The standard InChI is InChI=1S/C18H23N3O/c1-14-17(13-19-21(14)16-11-7-4-8-12-16)18(22)20-15-9-5-2-3-6-10-15/h4,7-8,11-13,15H,2-3,5-6,9-10H2,1H3,(H,20,22). The highest BCUT2D eigenvalue weighted by Gasteiger charge is 2.19. The molecule has 4 nitrogen and oxygen atoms in total. The Morgan fingerprint density at radius 1 is 1.14 bits per heavy atom. The largest absolute Gasteiger partial charge is 0.349 e. The lowest BCUT2D eigenvalue weighted by Gasteiger charge is -2.16. The Hall–Kier alpha value is -2.10. The first kappa shape index (κ1) is 14.8. The van der Waals surface area contributed by atoms with Crippen molar-refractivity contribution in [1.82, 2.24) is 15.1 Å². The summed E-state index contributed by atoms with van der Waals surface area (Å²) >= 11 is 0. The minimum absolute atomic E-state index is 0.00609. The molecule has 116 valence electrons. The quantitative estimate of drug-likeness (QED) is 0.879. The lowest BCUT2D eigenvalue weighted by Crippen LogP contribution is -2.34. The number of amides is 1. The second kappa shape index (κ2) is 6.77. The average Bonchev–Trinajstić information content (AvgIpc) is 2.75. The highest BCUT2D eigenvalue weighted by molar-refractivity contribution is 5.95. The van der Waals surface area contributed by atoms with Crippen molar-refractivity contribution >= 4 is 5.91 Å².